The average molecular weight is 187 g/mol. The number of ether oxygens (including phenoxy) is 1. The summed E-state index contributed by atoms with van der Waals surface area (Å²) in [4.78, 5) is 11.2. The third-order valence-corrected chi connectivity index (χ3v) is 1.48. The van der Waals surface area contributed by atoms with Crippen molar-refractivity contribution in [1.29, 1.82) is 0 Å². The van der Waals surface area contributed by atoms with Gasteiger partial charge in [-0.15, -0.1) is 0 Å². The number of carbonyl (C=O) groups is 1. The molecule has 0 atom stereocenters. The highest BCUT2D eigenvalue weighted by Crippen LogP contribution is 2.09. The Bertz CT molecular complexity index is 149. The smallest absolute Gasteiger partial charge is 0.306 e. The van der Waals surface area contributed by atoms with Crippen LogP contribution in [0.4, 0.5) is 0 Å². The van der Waals surface area contributed by atoms with Crippen LogP contribution in [0.2, 0.25) is 0 Å². The molecule has 78 valence electrons. The van der Waals surface area contributed by atoms with Crippen molar-refractivity contribution in [2.24, 2.45) is 0 Å². The van der Waals surface area contributed by atoms with Crippen LogP contribution in [0.25, 0.3) is 0 Å². The van der Waals surface area contributed by atoms with Crippen LogP contribution in [-0.4, -0.2) is 25.2 Å². The summed E-state index contributed by atoms with van der Waals surface area (Å²) in [5.41, 5.74) is -0.347. The predicted molar refractivity (Wildman–Crippen MR) is 53.6 cm³/mol. The SMILES string of the molecule is CNCCCCC(=O)OC(C)(C)C. The molecule has 0 bridgehead atoms. The van der Waals surface area contributed by atoms with Gasteiger partial charge in [-0.2, -0.15) is 0 Å². The summed E-state index contributed by atoms with van der Waals surface area (Å²) in [7, 11) is 1.91. The number of carbonyl (C=O) groups excluding carboxylic acids is 1. The Kier molecular flexibility index (Phi) is 5.71. The summed E-state index contributed by atoms with van der Waals surface area (Å²) < 4.78 is 5.16. The Morgan fingerprint density at radius 2 is 1.92 bits per heavy atom. The topological polar surface area (TPSA) is 38.3 Å². The van der Waals surface area contributed by atoms with Crippen molar-refractivity contribution in [3.05, 3.63) is 0 Å². The van der Waals surface area contributed by atoms with E-state index in [1.807, 2.05) is 27.8 Å². The van der Waals surface area contributed by atoms with Gasteiger partial charge in [-0.05, 0) is 47.2 Å². The van der Waals surface area contributed by atoms with Crippen LogP contribution in [0.3, 0.4) is 0 Å². The molecule has 3 heteroatoms. The maximum Gasteiger partial charge on any atom is 0.306 e. The van der Waals surface area contributed by atoms with E-state index in [2.05, 4.69) is 5.32 Å². The van der Waals surface area contributed by atoms with E-state index in [1.54, 1.807) is 0 Å². The van der Waals surface area contributed by atoms with Crippen molar-refractivity contribution in [3.8, 4) is 0 Å². The molecule has 0 aromatic heterocycles. The second-order valence-corrected chi connectivity index (χ2v) is 4.15. The lowest BCUT2D eigenvalue weighted by Crippen LogP contribution is -2.23. The van der Waals surface area contributed by atoms with Gasteiger partial charge in [0.25, 0.3) is 0 Å². The van der Waals surface area contributed by atoms with Gasteiger partial charge in [-0.25, -0.2) is 0 Å². The third-order valence-electron chi connectivity index (χ3n) is 1.48. The van der Waals surface area contributed by atoms with Crippen LogP contribution in [0.15, 0.2) is 0 Å². The van der Waals surface area contributed by atoms with Gasteiger partial charge < -0.3 is 10.1 Å². The first kappa shape index (κ1) is 12.4. The molecule has 0 unspecified atom stereocenters. The monoisotopic (exact) mass is 187 g/mol. The van der Waals surface area contributed by atoms with E-state index in [9.17, 15) is 4.79 Å². The van der Waals surface area contributed by atoms with Crippen molar-refractivity contribution >= 4 is 5.97 Å². The van der Waals surface area contributed by atoms with Crippen molar-refractivity contribution < 1.29 is 9.53 Å². The minimum atomic E-state index is -0.347. The van der Waals surface area contributed by atoms with E-state index < -0.39 is 0 Å². The molecule has 3 nitrogen and oxygen atoms in total. The molecule has 0 aliphatic rings. The Balaban J connectivity index is 3.41. The van der Waals surface area contributed by atoms with Gasteiger partial charge in [-0.3, -0.25) is 4.79 Å². The second-order valence-electron chi connectivity index (χ2n) is 4.15. The van der Waals surface area contributed by atoms with Crippen LogP contribution in [0, 0.1) is 0 Å². The molecule has 0 radical (unpaired) electrons. The molecule has 0 saturated heterocycles. The lowest BCUT2D eigenvalue weighted by atomic mass is 10.2. The van der Waals surface area contributed by atoms with Gasteiger partial charge in [0.1, 0.15) is 5.60 Å². The van der Waals surface area contributed by atoms with E-state index in [-0.39, 0.29) is 11.6 Å². The molecule has 0 aromatic carbocycles. The molecule has 0 heterocycles. The lowest BCUT2D eigenvalue weighted by molar-refractivity contribution is -0.154. The molecule has 0 aliphatic heterocycles. The van der Waals surface area contributed by atoms with Gasteiger partial charge in [0.05, 0.1) is 0 Å². The van der Waals surface area contributed by atoms with Gasteiger partial charge in [0.2, 0.25) is 0 Å². The molecule has 0 spiro atoms. The van der Waals surface area contributed by atoms with Crippen molar-refractivity contribution in [2.45, 2.75) is 45.6 Å². The first-order valence-corrected chi connectivity index (χ1v) is 4.82. The number of unbranched alkanes of at least 4 members (excludes halogenated alkanes) is 1. The molecule has 0 saturated carbocycles. The van der Waals surface area contributed by atoms with Crippen molar-refractivity contribution in [1.82, 2.24) is 5.32 Å². The second kappa shape index (κ2) is 5.97. The van der Waals surface area contributed by atoms with Gasteiger partial charge >= 0.3 is 5.97 Å². The molecule has 0 aliphatic carbocycles. The first-order chi connectivity index (χ1) is 5.95. The third kappa shape index (κ3) is 9.34. The van der Waals surface area contributed by atoms with Crippen LogP contribution in [0.1, 0.15) is 40.0 Å². The van der Waals surface area contributed by atoms with Crippen LogP contribution in [0.5, 0.6) is 0 Å². The van der Waals surface area contributed by atoms with Crippen molar-refractivity contribution in [3.63, 3.8) is 0 Å². The summed E-state index contributed by atoms with van der Waals surface area (Å²) in [6.45, 7) is 6.62. The summed E-state index contributed by atoms with van der Waals surface area (Å²) in [5, 5.41) is 3.04. The van der Waals surface area contributed by atoms with Gasteiger partial charge in [-0.1, -0.05) is 0 Å². The minimum Gasteiger partial charge on any atom is -0.460 e. The Morgan fingerprint density at radius 1 is 1.31 bits per heavy atom. The Morgan fingerprint density at radius 3 is 2.38 bits per heavy atom. The molecule has 0 fully saturated rings. The lowest BCUT2D eigenvalue weighted by Gasteiger charge is -2.19. The highest BCUT2D eigenvalue weighted by molar-refractivity contribution is 5.69. The van der Waals surface area contributed by atoms with E-state index in [0.29, 0.717) is 6.42 Å². The summed E-state index contributed by atoms with van der Waals surface area (Å²) in [6, 6.07) is 0. The average Bonchev–Trinajstić information content (AvgIpc) is 1.94. The molecule has 0 rings (SSSR count). The van der Waals surface area contributed by atoms with E-state index in [0.717, 1.165) is 19.4 Å². The highest BCUT2D eigenvalue weighted by atomic mass is 16.6. The zero-order valence-corrected chi connectivity index (χ0v) is 9.14. The summed E-state index contributed by atoms with van der Waals surface area (Å²) in [5.74, 6) is -0.0939. The molecule has 0 amide bonds. The predicted octanol–water partition coefficient (Wildman–Crippen LogP) is 1.72. The molecule has 13 heavy (non-hydrogen) atoms. The Hall–Kier alpha value is -0.570. The first-order valence-electron chi connectivity index (χ1n) is 4.82. The van der Waals surface area contributed by atoms with Crippen LogP contribution in [-0.2, 0) is 9.53 Å². The fourth-order valence-electron chi connectivity index (χ4n) is 0.964. The van der Waals surface area contributed by atoms with Gasteiger partial charge in [0, 0.05) is 6.42 Å². The summed E-state index contributed by atoms with van der Waals surface area (Å²) >= 11 is 0. The number of esters is 1. The summed E-state index contributed by atoms with van der Waals surface area (Å²) in [6.07, 6.45) is 2.45. The number of rotatable bonds is 5. The molecular weight excluding hydrogens is 166 g/mol. The number of hydrogen-bond donors (Lipinski definition) is 1. The standard InChI is InChI=1S/C10H21NO2/c1-10(2,3)13-9(12)7-5-6-8-11-4/h11H,5-8H2,1-4H3. The quantitative estimate of drug-likeness (QED) is 0.526. The molecule has 0 aromatic rings. The Labute approximate surface area is 80.8 Å². The zero-order valence-electron chi connectivity index (χ0n) is 9.14. The number of nitrogens with one attached hydrogen (secondary N) is 1. The largest absolute Gasteiger partial charge is 0.460 e. The van der Waals surface area contributed by atoms with Gasteiger partial charge in [0.15, 0.2) is 0 Å². The minimum absolute atomic E-state index is 0.0939. The van der Waals surface area contributed by atoms with Crippen LogP contribution < -0.4 is 5.32 Å². The number of hydrogen-bond acceptors (Lipinski definition) is 3. The van der Waals surface area contributed by atoms with Crippen LogP contribution >= 0.6 is 0 Å². The normalized spacial score (nSPS) is 11.4. The highest BCUT2D eigenvalue weighted by Gasteiger charge is 2.15. The molecular formula is C10H21NO2. The molecule has 1 N–H and O–H groups in total. The fourth-order valence-corrected chi connectivity index (χ4v) is 0.964. The zero-order chi connectivity index (χ0) is 10.3. The van der Waals surface area contributed by atoms with E-state index >= 15 is 0 Å². The fraction of sp³-hybridized carbons (Fsp3) is 0.900. The van der Waals surface area contributed by atoms with E-state index in [1.165, 1.54) is 0 Å². The maximum atomic E-state index is 11.2. The van der Waals surface area contributed by atoms with Crippen molar-refractivity contribution in [2.75, 3.05) is 13.6 Å². The van der Waals surface area contributed by atoms with E-state index in [4.69, 9.17) is 4.74 Å². The maximum absolute atomic E-state index is 11.2.